The fourth-order valence-corrected chi connectivity index (χ4v) is 1.40. The summed E-state index contributed by atoms with van der Waals surface area (Å²) in [6.45, 7) is 2.91. The number of nitrogens with one attached hydrogen (secondary N) is 2. The minimum atomic E-state index is 0.294. The Hall–Kier alpha value is -1.68. The number of nitrogens with zero attached hydrogens (tertiary/aromatic N) is 2. The lowest BCUT2D eigenvalue weighted by Gasteiger charge is -2.12. The van der Waals surface area contributed by atoms with Crippen molar-refractivity contribution in [3.63, 3.8) is 0 Å². The maximum Gasteiger partial charge on any atom is 0.0490 e. The molecule has 0 aliphatic carbocycles. The highest BCUT2D eigenvalue weighted by Crippen LogP contribution is 2.10. The molecule has 0 bridgehead atoms. The average Bonchev–Trinajstić information content (AvgIpc) is 2.80. The predicted molar refractivity (Wildman–Crippen MR) is 58.1 cm³/mol. The molecule has 0 amide bonds. The minimum absolute atomic E-state index is 0.294. The van der Waals surface area contributed by atoms with Gasteiger partial charge in [0.05, 0.1) is 0 Å². The lowest BCUT2D eigenvalue weighted by Crippen LogP contribution is -2.18. The Morgan fingerprint density at radius 3 is 3.00 bits per heavy atom. The summed E-state index contributed by atoms with van der Waals surface area (Å²) in [5.74, 6) is 0. The van der Waals surface area contributed by atoms with Crippen molar-refractivity contribution in [1.29, 1.82) is 0 Å². The summed E-state index contributed by atoms with van der Waals surface area (Å²) >= 11 is 0. The van der Waals surface area contributed by atoms with E-state index in [-0.39, 0.29) is 0 Å². The molecule has 15 heavy (non-hydrogen) atoms. The molecule has 0 aromatic carbocycles. The van der Waals surface area contributed by atoms with Crippen LogP contribution in [0, 0.1) is 0 Å². The summed E-state index contributed by atoms with van der Waals surface area (Å²) in [5, 5.41) is 10.2. The van der Waals surface area contributed by atoms with Gasteiger partial charge in [-0.2, -0.15) is 5.10 Å². The number of rotatable bonds is 4. The van der Waals surface area contributed by atoms with Gasteiger partial charge in [-0.05, 0) is 24.6 Å². The SMILES string of the molecule is C[C@H](NCc1ccn[nH]1)c1cccnc1. The number of pyridine rings is 1. The van der Waals surface area contributed by atoms with Crippen LogP contribution >= 0.6 is 0 Å². The Balaban J connectivity index is 1.90. The highest BCUT2D eigenvalue weighted by Gasteiger charge is 2.04. The lowest BCUT2D eigenvalue weighted by atomic mass is 10.1. The van der Waals surface area contributed by atoms with Crippen molar-refractivity contribution in [1.82, 2.24) is 20.5 Å². The molecule has 0 fully saturated rings. The van der Waals surface area contributed by atoms with Gasteiger partial charge in [-0.15, -0.1) is 0 Å². The normalized spacial score (nSPS) is 12.6. The number of aromatic amines is 1. The zero-order chi connectivity index (χ0) is 10.5. The van der Waals surface area contributed by atoms with E-state index in [0.29, 0.717) is 6.04 Å². The summed E-state index contributed by atoms with van der Waals surface area (Å²) in [4.78, 5) is 4.09. The van der Waals surface area contributed by atoms with Crippen molar-refractivity contribution in [2.75, 3.05) is 0 Å². The van der Waals surface area contributed by atoms with Crippen LogP contribution in [0.4, 0.5) is 0 Å². The Kier molecular flexibility index (Phi) is 3.09. The van der Waals surface area contributed by atoms with E-state index in [9.17, 15) is 0 Å². The third kappa shape index (κ3) is 2.63. The molecule has 2 aromatic rings. The summed E-state index contributed by atoms with van der Waals surface area (Å²) < 4.78 is 0. The van der Waals surface area contributed by atoms with Gasteiger partial charge >= 0.3 is 0 Å². The predicted octanol–water partition coefficient (Wildman–Crippen LogP) is 1.66. The number of aromatic nitrogens is 3. The molecule has 4 nitrogen and oxygen atoms in total. The van der Waals surface area contributed by atoms with Gasteiger partial charge in [-0.3, -0.25) is 10.1 Å². The van der Waals surface area contributed by atoms with Crippen LogP contribution in [0.3, 0.4) is 0 Å². The molecule has 0 aliphatic heterocycles. The van der Waals surface area contributed by atoms with Crippen LogP contribution in [-0.4, -0.2) is 15.2 Å². The third-order valence-electron chi connectivity index (χ3n) is 2.34. The van der Waals surface area contributed by atoms with Crippen LogP contribution in [0.15, 0.2) is 36.8 Å². The van der Waals surface area contributed by atoms with E-state index in [1.54, 1.807) is 12.4 Å². The molecule has 2 N–H and O–H groups in total. The molecule has 2 heterocycles. The van der Waals surface area contributed by atoms with E-state index in [1.165, 1.54) is 5.56 Å². The lowest BCUT2D eigenvalue weighted by molar-refractivity contribution is 0.565. The fourth-order valence-electron chi connectivity index (χ4n) is 1.40. The van der Waals surface area contributed by atoms with Crippen LogP contribution in [0.25, 0.3) is 0 Å². The standard InChI is InChI=1S/C11H14N4/c1-9(10-3-2-5-12-7-10)13-8-11-4-6-14-15-11/h2-7,9,13H,8H2,1H3,(H,14,15)/t9-/m0/s1. The summed E-state index contributed by atoms with van der Waals surface area (Å²) in [5.41, 5.74) is 2.28. The monoisotopic (exact) mass is 202 g/mol. The smallest absolute Gasteiger partial charge is 0.0490 e. The van der Waals surface area contributed by atoms with E-state index in [0.717, 1.165) is 12.2 Å². The Morgan fingerprint density at radius 1 is 1.40 bits per heavy atom. The molecule has 4 heteroatoms. The van der Waals surface area contributed by atoms with Crippen molar-refractivity contribution in [3.8, 4) is 0 Å². The summed E-state index contributed by atoms with van der Waals surface area (Å²) in [7, 11) is 0. The molecule has 0 unspecified atom stereocenters. The second-order valence-electron chi connectivity index (χ2n) is 3.47. The highest BCUT2D eigenvalue weighted by atomic mass is 15.1. The number of H-pyrrole nitrogens is 1. The number of hydrogen-bond acceptors (Lipinski definition) is 3. The first-order valence-corrected chi connectivity index (χ1v) is 4.98. The maximum absolute atomic E-state index is 4.09. The largest absolute Gasteiger partial charge is 0.305 e. The van der Waals surface area contributed by atoms with Crippen molar-refractivity contribution in [3.05, 3.63) is 48.0 Å². The van der Waals surface area contributed by atoms with E-state index in [1.807, 2.05) is 18.3 Å². The molecule has 0 spiro atoms. The first-order chi connectivity index (χ1) is 7.36. The van der Waals surface area contributed by atoms with Crippen molar-refractivity contribution >= 4 is 0 Å². The first-order valence-electron chi connectivity index (χ1n) is 4.98. The second-order valence-corrected chi connectivity index (χ2v) is 3.47. The first kappa shape index (κ1) is 9.86. The molecule has 2 rings (SSSR count). The quantitative estimate of drug-likeness (QED) is 0.792. The highest BCUT2D eigenvalue weighted by molar-refractivity contribution is 5.13. The van der Waals surface area contributed by atoms with Gasteiger partial charge in [0.25, 0.3) is 0 Å². The van der Waals surface area contributed by atoms with Gasteiger partial charge in [0.15, 0.2) is 0 Å². The van der Waals surface area contributed by atoms with Crippen LogP contribution in [0.5, 0.6) is 0 Å². The van der Waals surface area contributed by atoms with Gasteiger partial charge < -0.3 is 5.32 Å². The molecule has 78 valence electrons. The molecule has 0 saturated heterocycles. The summed E-state index contributed by atoms with van der Waals surface area (Å²) in [6, 6.07) is 6.27. The fraction of sp³-hybridized carbons (Fsp3) is 0.273. The van der Waals surface area contributed by atoms with Crippen molar-refractivity contribution < 1.29 is 0 Å². The van der Waals surface area contributed by atoms with Gasteiger partial charge in [0.1, 0.15) is 0 Å². The van der Waals surface area contributed by atoms with Crippen molar-refractivity contribution in [2.45, 2.75) is 19.5 Å². The molecular formula is C11H14N4. The molecule has 0 aliphatic rings. The Morgan fingerprint density at radius 2 is 2.33 bits per heavy atom. The maximum atomic E-state index is 4.09. The van der Waals surface area contributed by atoms with E-state index >= 15 is 0 Å². The topological polar surface area (TPSA) is 53.6 Å². The Bertz CT molecular complexity index is 382. The van der Waals surface area contributed by atoms with Crippen LogP contribution in [-0.2, 0) is 6.54 Å². The van der Waals surface area contributed by atoms with Gasteiger partial charge in [-0.1, -0.05) is 6.07 Å². The zero-order valence-corrected chi connectivity index (χ0v) is 8.64. The summed E-state index contributed by atoms with van der Waals surface area (Å²) in [6.07, 6.45) is 5.42. The van der Waals surface area contributed by atoms with E-state index in [4.69, 9.17) is 0 Å². The van der Waals surface area contributed by atoms with Crippen LogP contribution in [0.2, 0.25) is 0 Å². The molecule has 0 saturated carbocycles. The van der Waals surface area contributed by atoms with Crippen LogP contribution in [0.1, 0.15) is 24.2 Å². The van der Waals surface area contributed by atoms with Gasteiger partial charge in [-0.25, -0.2) is 0 Å². The number of hydrogen-bond donors (Lipinski definition) is 2. The third-order valence-corrected chi connectivity index (χ3v) is 2.34. The second kappa shape index (κ2) is 4.70. The zero-order valence-electron chi connectivity index (χ0n) is 8.64. The average molecular weight is 202 g/mol. The molecule has 1 atom stereocenters. The molecule has 2 aromatic heterocycles. The van der Waals surface area contributed by atoms with Gasteiger partial charge in [0, 0.05) is 36.9 Å². The van der Waals surface area contributed by atoms with Gasteiger partial charge in [0.2, 0.25) is 0 Å². The van der Waals surface area contributed by atoms with Crippen LogP contribution < -0.4 is 5.32 Å². The van der Waals surface area contributed by atoms with Crippen molar-refractivity contribution in [2.24, 2.45) is 0 Å². The van der Waals surface area contributed by atoms with E-state index in [2.05, 4.69) is 33.5 Å². The van der Waals surface area contributed by atoms with E-state index < -0.39 is 0 Å². The minimum Gasteiger partial charge on any atom is -0.305 e. The molecule has 0 radical (unpaired) electrons. The Labute approximate surface area is 88.8 Å². The molecular weight excluding hydrogens is 188 g/mol.